The van der Waals surface area contributed by atoms with E-state index in [1.54, 1.807) is 18.7 Å². The number of carbonyl (C=O) groups is 2. The van der Waals surface area contributed by atoms with Crippen molar-refractivity contribution in [1.82, 2.24) is 4.90 Å². The number of benzene rings is 4. The lowest BCUT2D eigenvalue weighted by atomic mass is 9.79. The maximum Gasteiger partial charge on any atom is 0.333 e. The van der Waals surface area contributed by atoms with Crippen molar-refractivity contribution in [2.75, 3.05) is 32.1 Å². The summed E-state index contributed by atoms with van der Waals surface area (Å²) in [5.74, 6) is -0.553. The van der Waals surface area contributed by atoms with Crippen LogP contribution in [0.25, 0.3) is 21.5 Å². The Hall–Kier alpha value is -5.49. The Bertz CT molecular complexity index is 2380. The fourth-order valence-corrected chi connectivity index (χ4v) is 8.91. The maximum absolute atomic E-state index is 13.5. The molecule has 1 aliphatic carbocycles. The molecule has 6 nitrogen and oxygen atoms in total. The molecule has 0 saturated carbocycles. The third-order valence-corrected chi connectivity index (χ3v) is 11.5. The molecular formula is C47H50N3O3+. The number of ether oxygens (including phenoxy) is 1. The molecule has 7 rings (SSSR count). The van der Waals surface area contributed by atoms with Crippen LogP contribution in [0.3, 0.4) is 0 Å². The van der Waals surface area contributed by atoms with Crippen molar-refractivity contribution in [2.45, 2.75) is 65.2 Å². The molecule has 2 heterocycles. The van der Waals surface area contributed by atoms with Crippen LogP contribution in [0.2, 0.25) is 0 Å². The van der Waals surface area contributed by atoms with Crippen LogP contribution >= 0.6 is 0 Å². The Morgan fingerprint density at radius 3 is 2.15 bits per heavy atom. The second-order valence-electron chi connectivity index (χ2n) is 15.7. The number of nitrogens with zero attached hydrogens (tertiary/aromatic N) is 3. The zero-order valence-electron chi connectivity index (χ0n) is 32.3. The Kier molecular flexibility index (Phi) is 9.13. The van der Waals surface area contributed by atoms with Crippen molar-refractivity contribution in [1.29, 1.82) is 0 Å². The van der Waals surface area contributed by atoms with E-state index in [0.717, 1.165) is 29.7 Å². The molecule has 0 atom stereocenters. The van der Waals surface area contributed by atoms with E-state index in [1.165, 1.54) is 55.5 Å². The second-order valence-corrected chi connectivity index (χ2v) is 15.7. The van der Waals surface area contributed by atoms with Gasteiger partial charge in [-0.2, -0.15) is 4.58 Å². The fraction of sp³-hybridized carbons (Fsp3) is 0.298. The average molecular weight is 705 g/mol. The Morgan fingerprint density at radius 1 is 0.849 bits per heavy atom. The number of allylic oxidation sites excluding steroid dienone is 7. The van der Waals surface area contributed by atoms with Gasteiger partial charge in [0.1, 0.15) is 13.7 Å². The van der Waals surface area contributed by atoms with E-state index in [9.17, 15) is 9.59 Å². The maximum atomic E-state index is 13.5. The molecule has 0 fully saturated rings. The van der Waals surface area contributed by atoms with Gasteiger partial charge < -0.3 is 14.5 Å². The van der Waals surface area contributed by atoms with Gasteiger partial charge in [-0.25, -0.2) is 4.79 Å². The number of carbonyl (C=O) groups excluding carboxylic acids is 2. The van der Waals surface area contributed by atoms with Crippen molar-refractivity contribution in [3.8, 4) is 0 Å². The van der Waals surface area contributed by atoms with Gasteiger partial charge in [0.25, 0.3) is 0 Å². The number of hydrogen-bond donors (Lipinski definition) is 0. The molecule has 1 amide bonds. The highest BCUT2D eigenvalue weighted by atomic mass is 16.5. The largest absolute Gasteiger partial charge is 0.460 e. The lowest BCUT2D eigenvalue weighted by Gasteiger charge is -2.26. The summed E-state index contributed by atoms with van der Waals surface area (Å²) in [5.41, 5.74) is 10.4. The molecule has 4 aromatic rings. The van der Waals surface area contributed by atoms with Crippen LogP contribution in [-0.4, -0.2) is 54.3 Å². The van der Waals surface area contributed by atoms with Crippen LogP contribution < -0.4 is 4.90 Å². The summed E-state index contributed by atoms with van der Waals surface area (Å²) in [6.45, 7) is 16.4. The van der Waals surface area contributed by atoms with Crippen molar-refractivity contribution in [2.24, 2.45) is 0 Å². The van der Waals surface area contributed by atoms with Crippen molar-refractivity contribution < 1.29 is 18.9 Å². The molecule has 6 heteroatoms. The Balaban J connectivity index is 1.30. The minimum absolute atomic E-state index is 0.0772. The van der Waals surface area contributed by atoms with Crippen molar-refractivity contribution in [3.63, 3.8) is 0 Å². The first-order chi connectivity index (χ1) is 25.2. The van der Waals surface area contributed by atoms with Gasteiger partial charge >= 0.3 is 5.97 Å². The molecular weight excluding hydrogens is 655 g/mol. The zero-order valence-corrected chi connectivity index (χ0v) is 32.3. The van der Waals surface area contributed by atoms with Crippen LogP contribution in [0, 0.1) is 0 Å². The summed E-state index contributed by atoms with van der Waals surface area (Å²) in [5, 5.41) is 5.01. The zero-order chi connectivity index (χ0) is 37.8. The predicted octanol–water partition coefficient (Wildman–Crippen LogP) is 9.81. The van der Waals surface area contributed by atoms with Crippen LogP contribution in [0.1, 0.15) is 65.5 Å². The van der Waals surface area contributed by atoms with E-state index in [2.05, 4.69) is 155 Å². The summed E-state index contributed by atoms with van der Waals surface area (Å²) < 4.78 is 7.80. The lowest BCUT2D eigenvalue weighted by Crippen LogP contribution is -2.32. The molecule has 0 unspecified atom stereocenters. The standard InChI is InChI=1S/C47H50N3O3/c1-30(2)45(52)53-29-28-50(31(3)51)44-34(22-26-40-46(4,5)42-36-16-12-10-14-32(36)20-24-38(42)48(40)8)18-19-35(44)23-27-41-47(6,7)43-37-17-13-11-15-33(37)21-25-39(43)49(41)9/h10-17,20-27H,1,18-19,28-29H2,2-9H3/q+1. The highest BCUT2D eigenvalue weighted by Gasteiger charge is 2.44. The van der Waals surface area contributed by atoms with Crippen LogP contribution in [0.15, 0.2) is 132 Å². The second kappa shape index (κ2) is 13.5. The molecule has 0 spiro atoms. The summed E-state index contributed by atoms with van der Waals surface area (Å²) in [6.07, 6.45) is 10.4. The van der Waals surface area contributed by atoms with E-state index in [-0.39, 0.29) is 29.9 Å². The number of amides is 1. The van der Waals surface area contributed by atoms with Crippen LogP contribution in [-0.2, 0) is 25.2 Å². The van der Waals surface area contributed by atoms with Gasteiger partial charge in [-0.1, -0.05) is 87.2 Å². The molecule has 270 valence electrons. The molecule has 4 aromatic carbocycles. The summed E-state index contributed by atoms with van der Waals surface area (Å²) in [7, 11) is 4.28. The molecule has 3 aliphatic rings. The number of rotatable bonds is 8. The lowest BCUT2D eigenvalue weighted by molar-refractivity contribution is -0.401. The van der Waals surface area contributed by atoms with Crippen LogP contribution in [0.5, 0.6) is 0 Å². The summed E-state index contributed by atoms with van der Waals surface area (Å²) in [4.78, 5) is 29.8. The molecule has 53 heavy (non-hydrogen) atoms. The number of esters is 1. The molecule has 0 radical (unpaired) electrons. The van der Waals surface area contributed by atoms with Crippen molar-refractivity contribution >= 4 is 50.5 Å². The Labute approximate surface area is 313 Å². The van der Waals surface area contributed by atoms with Gasteiger partial charge in [0.05, 0.1) is 17.7 Å². The quantitative estimate of drug-likeness (QED) is 0.104. The van der Waals surface area contributed by atoms with Gasteiger partial charge in [0, 0.05) is 54.0 Å². The van der Waals surface area contributed by atoms with Crippen molar-refractivity contribution in [3.05, 3.63) is 143 Å². The number of hydrogen-bond acceptors (Lipinski definition) is 4. The highest BCUT2D eigenvalue weighted by molar-refractivity contribution is 6.07. The first kappa shape index (κ1) is 35.9. The van der Waals surface area contributed by atoms with E-state index >= 15 is 0 Å². The van der Waals surface area contributed by atoms with E-state index in [0.29, 0.717) is 5.57 Å². The minimum atomic E-state index is -0.455. The Morgan fingerprint density at radius 2 is 1.49 bits per heavy atom. The normalized spacial score (nSPS) is 18.9. The highest BCUT2D eigenvalue weighted by Crippen LogP contribution is 2.50. The number of fused-ring (bicyclic) bond motifs is 6. The average Bonchev–Trinajstić information content (AvgIpc) is 3.68. The first-order valence-electron chi connectivity index (χ1n) is 18.6. The predicted molar refractivity (Wildman–Crippen MR) is 218 cm³/mol. The smallest absolute Gasteiger partial charge is 0.333 e. The molecule has 0 bridgehead atoms. The van der Waals surface area contributed by atoms with E-state index < -0.39 is 5.97 Å². The van der Waals surface area contributed by atoms with Gasteiger partial charge in [0.2, 0.25) is 11.6 Å². The summed E-state index contributed by atoms with van der Waals surface area (Å²) in [6, 6.07) is 26.0. The third-order valence-electron chi connectivity index (χ3n) is 11.5. The van der Waals surface area contributed by atoms with Gasteiger partial charge in [-0.15, -0.1) is 0 Å². The van der Waals surface area contributed by atoms with Gasteiger partial charge in [-0.05, 0) is 90.1 Å². The first-order valence-corrected chi connectivity index (χ1v) is 18.6. The monoisotopic (exact) mass is 704 g/mol. The minimum Gasteiger partial charge on any atom is -0.460 e. The summed E-state index contributed by atoms with van der Waals surface area (Å²) >= 11 is 0. The van der Waals surface area contributed by atoms with Gasteiger partial charge in [0.15, 0.2) is 5.71 Å². The molecule has 0 N–H and O–H groups in total. The molecule has 2 aliphatic heterocycles. The van der Waals surface area contributed by atoms with E-state index in [1.807, 2.05) is 0 Å². The molecule has 0 saturated heterocycles. The van der Waals surface area contributed by atoms with Crippen LogP contribution in [0.4, 0.5) is 11.4 Å². The number of anilines is 1. The van der Waals surface area contributed by atoms with E-state index in [4.69, 9.17) is 4.74 Å². The SMILES string of the molecule is C=C(C)C(=O)OCCN(C(C)=O)C1=C(/C=C/C2=[N+](C)c3ccc4ccccc4c3C2(C)C)CC/C1=C\C=C1\N(C)c2ccc3ccccc3c2C1(C)C. The fourth-order valence-electron chi connectivity index (χ4n) is 8.91. The van der Waals surface area contributed by atoms with Gasteiger partial charge in [-0.3, -0.25) is 4.79 Å². The molecule has 0 aromatic heterocycles. The topological polar surface area (TPSA) is 52.9 Å². The number of likely N-dealkylation sites (N-methyl/N-ethyl adjacent to an activating group) is 1. The third kappa shape index (κ3) is 6.04.